The number of fused-ring (bicyclic) bond motifs is 1. The maximum absolute atomic E-state index is 12.6. The van der Waals surface area contributed by atoms with Crippen LogP contribution in [0.25, 0.3) is 5.65 Å². The van der Waals surface area contributed by atoms with Crippen LogP contribution in [0.3, 0.4) is 0 Å². The lowest BCUT2D eigenvalue weighted by Gasteiger charge is -2.11. The van der Waals surface area contributed by atoms with Gasteiger partial charge in [0.1, 0.15) is 5.00 Å². The van der Waals surface area contributed by atoms with E-state index in [-0.39, 0.29) is 12.3 Å². The molecule has 0 aliphatic carbocycles. The third-order valence-electron chi connectivity index (χ3n) is 4.77. The van der Waals surface area contributed by atoms with Crippen molar-refractivity contribution >= 4 is 33.9 Å². The smallest absolute Gasteiger partial charge is 0.341 e. The van der Waals surface area contributed by atoms with Gasteiger partial charge in [-0.05, 0) is 52.2 Å². The molecule has 0 aliphatic rings. The van der Waals surface area contributed by atoms with Crippen LogP contribution in [0.4, 0.5) is 5.00 Å². The summed E-state index contributed by atoms with van der Waals surface area (Å²) < 4.78 is 6.93. The number of nitrogens with one attached hydrogen (secondary N) is 1. The van der Waals surface area contributed by atoms with E-state index in [0.29, 0.717) is 23.6 Å². The molecule has 0 saturated carbocycles. The van der Waals surface area contributed by atoms with Crippen LogP contribution >= 0.6 is 11.3 Å². The Balaban J connectivity index is 1.75. The molecule has 3 heterocycles. The van der Waals surface area contributed by atoms with E-state index in [4.69, 9.17) is 4.74 Å². The first-order valence-corrected chi connectivity index (χ1v) is 10.6. The van der Waals surface area contributed by atoms with Gasteiger partial charge in [-0.25, -0.2) is 14.3 Å². The Labute approximate surface area is 174 Å². The topological polar surface area (TPSA) is 85.6 Å². The number of nitrogens with zero attached hydrogens (tertiary/aromatic N) is 3. The standard InChI is InChI=1S/C21H26N4O3S/c1-6-15-11-17(21(27)28-7-2)20(29-15)23-19(26)9-8-16-13(4)22-18-10-12(3)24-25(18)14(16)5/h10-11H,6-9H2,1-5H3,(H,23,26). The lowest BCUT2D eigenvalue weighted by Crippen LogP contribution is -2.15. The number of ether oxygens (including phenoxy) is 1. The van der Waals surface area contributed by atoms with Crippen LogP contribution in [0.5, 0.6) is 0 Å². The summed E-state index contributed by atoms with van der Waals surface area (Å²) in [5.41, 5.74) is 5.05. The molecule has 8 heteroatoms. The minimum Gasteiger partial charge on any atom is -0.462 e. The zero-order chi connectivity index (χ0) is 21.1. The highest BCUT2D eigenvalue weighted by atomic mass is 32.1. The van der Waals surface area contributed by atoms with E-state index >= 15 is 0 Å². The molecular weight excluding hydrogens is 388 g/mol. The van der Waals surface area contributed by atoms with Crippen molar-refractivity contribution in [1.82, 2.24) is 14.6 Å². The van der Waals surface area contributed by atoms with Crippen molar-refractivity contribution in [3.63, 3.8) is 0 Å². The molecule has 0 aromatic carbocycles. The van der Waals surface area contributed by atoms with Gasteiger partial charge in [-0.1, -0.05) is 6.92 Å². The van der Waals surface area contributed by atoms with Gasteiger partial charge in [0, 0.05) is 28.8 Å². The Morgan fingerprint density at radius 3 is 2.66 bits per heavy atom. The molecule has 1 N–H and O–H groups in total. The second kappa shape index (κ2) is 8.73. The van der Waals surface area contributed by atoms with Gasteiger partial charge in [-0.15, -0.1) is 11.3 Å². The van der Waals surface area contributed by atoms with Crippen LogP contribution in [0.1, 0.15) is 58.1 Å². The lowest BCUT2D eigenvalue weighted by atomic mass is 10.1. The Morgan fingerprint density at radius 2 is 1.97 bits per heavy atom. The SMILES string of the molecule is CCOC(=O)c1cc(CC)sc1NC(=O)CCc1c(C)nc2cc(C)nn2c1C. The van der Waals surface area contributed by atoms with Crippen LogP contribution in [0, 0.1) is 20.8 Å². The van der Waals surface area contributed by atoms with E-state index in [1.807, 2.05) is 38.3 Å². The van der Waals surface area contributed by atoms with Crippen LogP contribution in [0.2, 0.25) is 0 Å². The predicted octanol–water partition coefficient (Wildman–Crippen LogP) is 4.03. The third kappa shape index (κ3) is 4.48. The van der Waals surface area contributed by atoms with Gasteiger partial charge in [0.15, 0.2) is 5.65 Å². The molecule has 3 aromatic rings. The number of hydrogen-bond acceptors (Lipinski definition) is 6. The molecule has 3 aromatic heterocycles. The number of esters is 1. The van der Waals surface area contributed by atoms with Gasteiger partial charge in [0.2, 0.25) is 5.91 Å². The minimum atomic E-state index is -0.408. The fourth-order valence-electron chi connectivity index (χ4n) is 3.30. The molecular formula is C21H26N4O3S. The largest absolute Gasteiger partial charge is 0.462 e. The van der Waals surface area contributed by atoms with E-state index < -0.39 is 5.97 Å². The molecule has 7 nitrogen and oxygen atoms in total. The maximum Gasteiger partial charge on any atom is 0.341 e. The molecule has 0 bridgehead atoms. The van der Waals surface area contributed by atoms with Crippen molar-refractivity contribution in [2.45, 2.75) is 53.9 Å². The number of carbonyl (C=O) groups is 2. The number of amides is 1. The number of rotatable bonds is 7. The van der Waals surface area contributed by atoms with Crippen molar-refractivity contribution in [2.24, 2.45) is 0 Å². The summed E-state index contributed by atoms with van der Waals surface area (Å²) in [6.07, 6.45) is 1.63. The van der Waals surface area contributed by atoms with Gasteiger partial charge >= 0.3 is 5.97 Å². The molecule has 0 fully saturated rings. The van der Waals surface area contributed by atoms with E-state index in [1.165, 1.54) is 11.3 Å². The summed E-state index contributed by atoms with van der Waals surface area (Å²) in [4.78, 5) is 30.4. The molecule has 0 radical (unpaired) electrons. The van der Waals surface area contributed by atoms with E-state index in [0.717, 1.165) is 39.6 Å². The molecule has 1 amide bonds. The normalized spacial score (nSPS) is 11.1. The Hall–Kier alpha value is -2.74. The molecule has 0 spiro atoms. The predicted molar refractivity (Wildman–Crippen MR) is 114 cm³/mol. The van der Waals surface area contributed by atoms with Crippen LogP contribution in [0.15, 0.2) is 12.1 Å². The van der Waals surface area contributed by atoms with Gasteiger partial charge in [-0.2, -0.15) is 5.10 Å². The second-order valence-corrected chi connectivity index (χ2v) is 8.03. The molecule has 0 aliphatic heterocycles. The van der Waals surface area contributed by atoms with E-state index in [1.54, 1.807) is 13.0 Å². The highest BCUT2D eigenvalue weighted by molar-refractivity contribution is 7.16. The van der Waals surface area contributed by atoms with Crippen LogP contribution in [-0.2, 0) is 22.4 Å². The summed E-state index contributed by atoms with van der Waals surface area (Å²) in [6.45, 7) is 9.95. The number of hydrogen-bond donors (Lipinski definition) is 1. The van der Waals surface area contributed by atoms with Gasteiger partial charge < -0.3 is 10.1 Å². The van der Waals surface area contributed by atoms with Gasteiger partial charge in [0.25, 0.3) is 0 Å². The number of anilines is 1. The summed E-state index contributed by atoms with van der Waals surface area (Å²) in [5, 5.41) is 7.92. The molecule has 0 unspecified atom stereocenters. The third-order valence-corrected chi connectivity index (χ3v) is 5.96. The summed E-state index contributed by atoms with van der Waals surface area (Å²) >= 11 is 1.42. The second-order valence-electron chi connectivity index (χ2n) is 6.89. The van der Waals surface area contributed by atoms with Crippen LogP contribution < -0.4 is 5.32 Å². The van der Waals surface area contributed by atoms with Crippen molar-refractivity contribution in [1.29, 1.82) is 0 Å². The first kappa shape index (κ1) is 21.0. The highest BCUT2D eigenvalue weighted by Crippen LogP contribution is 2.29. The average Bonchev–Trinajstić information content (AvgIpc) is 3.24. The number of thiophene rings is 1. The summed E-state index contributed by atoms with van der Waals surface area (Å²) in [6, 6.07) is 3.74. The highest BCUT2D eigenvalue weighted by Gasteiger charge is 2.19. The average molecular weight is 415 g/mol. The Bertz CT molecular complexity index is 1070. The van der Waals surface area contributed by atoms with E-state index in [9.17, 15) is 9.59 Å². The molecule has 154 valence electrons. The summed E-state index contributed by atoms with van der Waals surface area (Å²) in [7, 11) is 0. The molecule has 3 rings (SSSR count). The lowest BCUT2D eigenvalue weighted by molar-refractivity contribution is -0.116. The van der Waals surface area contributed by atoms with Crippen molar-refractivity contribution < 1.29 is 14.3 Å². The Kier molecular flexibility index (Phi) is 6.32. The first-order valence-electron chi connectivity index (χ1n) is 9.76. The monoisotopic (exact) mass is 414 g/mol. The number of aromatic nitrogens is 3. The maximum atomic E-state index is 12.6. The Morgan fingerprint density at radius 1 is 1.21 bits per heavy atom. The summed E-state index contributed by atoms with van der Waals surface area (Å²) in [5.74, 6) is -0.551. The first-order chi connectivity index (χ1) is 13.8. The van der Waals surface area contributed by atoms with Crippen molar-refractivity contribution in [3.8, 4) is 0 Å². The minimum absolute atomic E-state index is 0.143. The zero-order valence-electron chi connectivity index (χ0n) is 17.5. The molecule has 29 heavy (non-hydrogen) atoms. The number of carbonyl (C=O) groups excluding carboxylic acids is 2. The van der Waals surface area contributed by atoms with Crippen LogP contribution in [-0.4, -0.2) is 33.1 Å². The quantitative estimate of drug-likeness (QED) is 0.590. The van der Waals surface area contributed by atoms with E-state index in [2.05, 4.69) is 15.4 Å². The fourth-order valence-corrected chi connectivity index (χ4v) is 4.30. The molecule has 0 saturated heterocycles. The van der Waals surface area contributed by atoms with Crippen molar-refractivity contribution in [2.75, 3.05) is 11.9 Å². The van der Waals surface area contributed by atoms with Crippen molar-refractivity contribution in [3.05, 3.63) is 45.2 Å². The van der Waals surface area contributed by atoms with Gasteiger partial charge in [0.05, 0.1) is 17.9 Å². The number of aryl methyl sites for hydroxylation is 4. The van der Waals surface area contributed by atoms with Gasteiger partial charge in [-0.3, -0.25) is 4.79 Å². The fraction of sp³-hybridized carbons (Fsp3) is 0.429. The zero-order valence-corrected chi connectivity index (χ0v) is 18.3. The molecule has 0 atom stereocenters.